The Balaban J connectivity index is 1.72. The first kappa shape index (κ1) is 17.8. The quantitative estimate of drug-likeness (QED) is 0.587. The highest BCUT2D eigenvalue weighted by molar-refractivity contribution is 6.42. The molecule has 0 heterocycles. The van der Waals surface area contributed by atoms with Crippen LogP contribution >= 0.6 is 23.2 Å². The van der Waals surface area contributed by atoms with E-state index in [1.807, 2.05) is 36.4 Å². The van der Waals surface area contributed by atoms with E-state index in [1.54, 1.807) is 18.2 Å². The molecule has 0 saturated heterocycles. The van der Waals surface area contributed by atoms with E-state index in [2.05, 4.69) is 5.32 Å². The van der Waals surface area contributed by atoms with E-state index in [1.165, 1.54) is 6.07 Å². The summed E-state index contributed by atoms with van der Waals surface area (Å²) in [5.74, 6) is -0.282. The van der Waals surface area contributed by atoms with Crippen LogP contribution in [0.4, 0.5) is 5.69 Å². The molecule has 134 valence electrons. The van der Waals surface area contributed by atoms with Gasteiger partial charge in [-0.15, -0.1) is 0 Å². The molecule has 0 bridgehead atoms. The first-order chi connectivity index (χ1) is 13.0. The summed E-state index contributed by atoms with van der Waals surface area (Å²) in [5.41, 5.74) is 4.59. The van der Waals surface area contributed by atoms with Crippen LogP contribution in [0, 0.1) is 0 Å². The number of rotatable bonds is 3. The average molecular weight is 396 g/mol. The first-order valence-corrected chi connectivity index (χ1v) is 9.31. The summed E-state index contributed by atoms with van der Waals surface area (Å²) in [5, 5.41) is 3.55. The van der Waals surface area contributed by atoms with Crippen LogP contribution in [0.3, 0.4) is 0 Å². The molecule has 27 heavy (non-hydrogen) atoms. The normalized spacial score (nSPS) is 12.7. The van der Waals surface area contributed by atoms with Crippen molar-refractivity contribution in [3.63, 3.8) is 0 Å². The number of nitrogens with one attached hydrogen (secondary N) is 1. The minimum absolute atomic E-state index is 0.0484. The largest absolute Gasteiger partial charge is 0.321 e. The van der Waals surface area contributed by atoms with Gasteiger partial charge in [-0.3, -0.25) is 9.59 Å². The molecular formula is C22H15Cl2NO2. The summed E-state index contributed by atoms with van der Waals surface area (Å²) in [6.45, 7) is 0. The molecule has 0 unspecified atom stereocenters. The number of fused-ring (bicyclic) bond motifs is 1. The number of anilines is 1. The smallest absolute Gasteiger partial charge is 0.255 e. The van der Waals surface area contributed by atoms with Crippen LogP contribution in [-0.2, 0) is 6.42 Å². The second kappa shape index (κ2) is 7.18. The summed E-state index contributed by atoms with van der Waals surface area (Å²) in [4.78, 5) is 25.1. The third kappa shape index (κ3) is 3.36. The Kier molecular flexibility index (Phi) is 4.73. The zero-order valence-corrected chi connectivity index (χ0v) is 15.8. The topological polar surface area (TPSA) is 46.2 Å². The first-order valence-electron chi connectivity index (χ1n) is 8.55. The van der Waals surface area contributed by atoms with E-state index in [4.69, 9.17) is 23.2 Å². The molecule has 0 saturated carbocycles. The lowest BCUT2D eigenvalue weighted by atomic mass is 9.95. The maximum absolute atomic E-state index is 12.6. The third-order valence-electron chi connectivity index (χ3n) is 4.71. The van der Waals surface area contributed by atoms with Crippen molar-refractivity contribution >= 4 is 40.6 Å². The van der Waals surface area contributed by atoms with Gasteiger partial charge in [-0.05, 0) is 47.4 Å². The van der Waals surface area contributed by atoms with E-state index in [-0.39, 0.29) is 11.7 Å². The minimum atomic E-state index is -0.331. The molecule has 1 N–H and O–H groups in total. The molecule has 3 nitrogen and oxygen atoms in total. The van der Waals surface area contributed by atoms with Crippen molar-refractivity contribution in [1.29, 1.82) is 0 Å². The molecule has 0 spiro atoms. The van der Waals surface area contributed by atoms with Gasteiger partial charge in [0.1, 0.15) is 0 Å². The predicted octanol–water partition coefficient (Wildman–Crippen LogP) is 6.04. The molecule has 1 aliphatic rings. The van der Waals surface area contributed by atoms with Crippen LogP contribution < -0.4 is 5.32 Å². The predicted molar refractivity (Wildman–Crippen MR) is 109 cm³/mol. The minimum Gasteiger partial charge on any atom is -0.321 e. The number of hydrogen-bond donors (Lipinski definition) is 1. The molecule has 4 rings (SSSR count). The maximum Gasteiger partial charge on any atom is 0.255 e. The number of halogens is 2. The van der Waals surface area contributed by atoms with Crippen molar-refractivity contribution < 1.29 is 9.59 Å². The van der Waals surface area contributed by atoms with Gasteiger partial charge in [0.05, 0.1) is 15.7 Å². The standard InChI is InChI=1S/C22H15Cl2NO2/c23-17-9-6-14(12-18(17)24)22(27)25-19-10-7-15(13-4-2-1-3-5-13)16-8-11-20(26)21(16)19/h1-7,9-10,12H,8,11H2,(H,25,27). The average Bonchev–Trinajstić information content (AvgIpc) is 3.07. The van der Waals surface area contributed by atoms with Crippen molar-refractivity contribution in [3.8, 4) is 11.1 Å². The van der Waals surface area contributed by atoms with Gasteiger partial charge >= 0.3 is 0 Å². The number of carbonyl (C=O) groups excluding carboxylic acids is 2. The summed E-state index contributed by atoms with van der Waals surface area (Å²) >= 11 is 11.9. The second-order valence-corrected chi connectivity index (χ2v) is 7.20. The monoisotopic (exact) mass is 395 g/mol. The van der Waals surface area contributed by atoms with Crippen molar-refractivity contribution in [3.05, 3.63) is 87.4 Å². The lowest BCUT2D eigenvalue weighted by molar-refractivity contribution is 0.0995. The number of hydrogen-bond acceptors (Lipinski definition) is 2. The van der Waals surface area contributed by atoms with Gasteiger partial charge in [0.15, 0.2) is 5.78 Å². The van der Waals surface area contributed by atoms with Gasteiger partial charge in [-0.25, -0.2) is 0 Å². The fourth-order valence-electron chi connectivity index (χ4n) is 3.41. The van der Waals surface area contributed by atoms with E-state index in [9.17, 15) is 9.59 Å². The molecule has 0 aliphatic heterocycles. The molecule has 0 fully saturated rings. The number of carbonyl (C=O) groups is 2. The van der Waals surface area contributed by atoms with Crippen LogP contribution in [0.5, 0.6) is 0 Å². The summed E-state index contributed by atoms with van der Waals surface area (Å²) in [6, 6.07) is 18.4. The van der Waals surface area contributed by atoms with Gasteiger partial charge < -0.3 is 5.32 Å². The Morgan fingerprint density at radius 3 is 2.41 bits per heavy atom. The molecule has 1 amide bonds. The third-order valence-corrected chi connectivity index (χ3v) is 5.45. The Labute approximate surface area is 166 Å². The molecule has 3 aromatic carbocycles. The van der Waals surface area contributed by atoms with Gasteiger partial charge in [0.25, 0.3) is 5.91 Å². The van der Waals surface area contributed by atoms with Crippen molar-refractivity contribution in [2.45, 2.75) is 12.8 Å². The highest BCUT2D eigenvalue weighted by atomic mass is 35.5. The molecule has 1 aliphatic carbocycles. The van der Waals surface area contributed by atoms with Gasteiger partial charge in [-0.1, -0.05) is 59.6 Å². The summed E-state index contributed by atoms with van der Waals surface area (Å²) < 4.78 is 0. The highest BCUT2D eigenvalue weighted by Gasteiger charge is 2.27. The van der Waals surface area contributed by atoms with Crippen molar-refractivity contribution in [1.82, 2.24) is 0 Å². The van der Waals surface area contributed by atoms with Gasteiger partial charge in [-0.2, -0.15) is 0 Å². The Morgan fingerprint density at radius 1 is 0.889 bits per heavy atom. The number of benzene rings is 3. The van der Waals surface area contributed by atoms with E-state index >= 15 is 0 Å². The molecule has 0 atom stereocenters. The van der Waals surface area contributed by atoms with E-state index in [0.29, 0.717) is 39.7 Å². The van der Waals surface area contributed by atoms with Crippen LogP contribution in [0.2, 0.25) is 10.0 Å². The lowest BCUT2D eigenvalue weighted by Crippen LogP contribution is -2.14. The van der Waals surface area contributed by atoms with E-state index in [0.717, 1.165) is 16.7 Å². The Morgan fingerprint density at radius 2 is 1.67 bits per heavy atom. The number of ketones is 1. The molecule has 3 aromatic rings. The van der Waals surface area contributed by atoms with Crippen molar-refractivity contribution in [2.24, 2.45) is 0 Å². The zero-order valence-electron chi connectivity index (χ0n) is 14.3. The number of amides is 1. The zero-order chi connectivity index (χ0) is 19.0. The SMILES string of the molecule is O=C(Nc1ccc(-c2ccccc2)c2c1C(=O)CC2)c1ccc(Cl)c(Cl)c1. The lowest BCUT2D eigenvalue weighted by Gasteiger charge is -2.14. The van der Waals surface area contributed by atoms with Crippen molar-refractivity contribution in [2.75, 3.05) is 5.32 Å². The Bertz CT molecular complexity index is 1060. The molecular weight excluding hydrogens is 381 g/mol. The maximum atomic E-state index is 12.6. The molecule has 0 aromatic heterocycles. The van der Waals surface area contributed by atoms with Gasteiger partial charge in [0.2, 0.25) is 0 Å². The van der Waals surface area contributed by atoms with Crippen LogP contribution in [0.25, 0.3) is 11.1 Å². The van der Waals surface area contributed by atoms with Crippen LogP contribution in [0.1, 0.15) is 32.7 Å². The summed E-state index contributed by atoms with van der Waals surface area (Å²) in [6.07, 6.45) is 1.13. The fourth-order valence-corrected chi connectivity index (χ4v) is 3.71. The van der Waals surface area contributed by atoms with Gasteiger partial charge in [0, 0.05) is 17.5 Å². The summed E-state index contributed by atoms with van der Waals surface area (Å²) in [7, 11) is 0. The fraction of sp³-hybridized carbons (Fsp3) is 0.0909. The second-order valence-electron chi connectivity index (χ2n) is 6.39. The molecule has 0 radical (unpaired) electrons. The number of Topliss-reactive ketones (excluding diaryl/α,β-unsaturated/α-hetero) is 1. The van der Waals surface area contributed by atoms with Crippen LogP contribution in [0.15, 0.2) is 60.7 Å². The van der Waals surface area contributed by atoms with Crippen LogP contribution in [-0.4, -0.2) is 11.7 Å². The highest BCUT2D eigenvalue weighted by Crippen LogP contribution is 2.37. The Hall–Kier alpha value is -2.62. The molecule has 5 heteroatoms. The van der Waals surface area contributed by atoms with E-state index < -0.39 is 0 Å².